The zero-order valence-corrected chi connectivity index (χ0v) is 23.4. The van der Waals surface area contributed by atoms with Gasteiger partial charge < -0.3 is 30.6 Å². The van der Waals surface area contributed by atoms with E-state index in [1.807, 2.05) is 6.08 Å². The number of phenols is 1. The van der Waals surface area contributed by atoms with Gasteiger partial charge in [-0.05, 0) is 84.9 Å². The van der Waals surface area contributed by atoms with Crippen molar-refractivity contribution in [1.82, 2.24) is 10.3 Å². The molecule has 3 rings (SSSR count). The molecule has 1 aromatic carbocycles. The number of Topliss-reactive ketones (excluding diaryl/α,β-unsaturated/α-hetero) is 1. The number of methoxy groups -OCH3 is 1. The standard InChI is InChI=1S/C31H43N3O5/c1-4-22(15-26-20-33-19-25(26)9-5-24-13-14-34-31(32)17-24)7-11-28(39-21(2)35)18-27(36)10-6-23-8-12-29(37)30(16-23)38-3/h8,12-13,16-17,19-20,22,28,33-34,37H,4-7,9-11,14-15,18,32H2,1-3H3. The van der Waals surface area contributed by atoms with Gasteiger partial charge in [-0.2, -0.15) is 0 Å². The van der Waals surface area contributed by atoms with Crippen molar-refractivity contribution >= 4 is 11.8 Å². The van der Waals surface area contributed by atoms with Gasteiger partial charge in [-0.25, -0.2) is 0 Å². The first-order chi connectivity index (χ1) is 18.8. The summed E-state index contributed by atoms with van der Waals surface area (Å²) in [6, 6.07) is 5.09. The van der Waals surface area contributed by atoms with E-state index in [1.54, 1.807) is 18.2 Å². The minimum absolute atomic E-state index is 0.0520. The van der Waals surface area contributed by atoms with E-state index in [2.05, 4.69) is 35.7 Å². The molecule has 1 aliphatic rings. The second-order valence-electron chi connectivity index (χ2n) is 10.3. The number of benzene rings is 1. The Morgan fingerprint density at radius 1 is 1.13 bits per heavy atom. The molecule has 0 aliphatic carbocycles. The van der Waals surface area contributed by atoms with Gasteiger partial charge in [-0.3, -0.25) is 9.59 Å². The highest BCUT2D eigenvalue weighted by Gasteiger charge is 2.20. The van der Waals surface area contributed by atoms with Gasteiger partial charge >= 0.3 is 5.97 Å². The summed E-state index contributed by atoms with van der Waals surface area (Å²) in [7, 11) is 1.50. The first kappa shape index (κ1) is 29.9. The monoisotopic (exact) mass is 537 g/mol. The molecule has 0 bridgehead atoms. The van der Waals surface area contributed by atoms with Crippen molar-refractivity contribution < 1.29 is 24.2 Å². The van der Waals surface area contributed by atoms with E-state index in [0.29, 0.717) is 36.8 Å². The van der Waals surface area contributed by atoms with Crippen LogP contribution in [0.4, 0.5) is 0 Å². The molecule has 1 aliphatic heterocycles. The average molecular weight is 538 g/mol. The van der Waals surface area contributed by atoms with Gasteiger partial charge in [0.25, 0.3) is 0 Å². The lowest BCUT2D eigenvalue weighted by Crippen LogP contribution is -2.23. The van der Waals surface area contributed by atoms with Gasteiger partial charge in [0.05, 0.1) is 12.9 Å². The highest BCUT2D eigenvalue weighted by molar-refractivity contribution is 5.79. The number of carbonyl (C=O) groups is 2. The highest BCUT2D eigenvalue weighted by atomic mass is 16.5. The van der Waals surface area contributed by atoms with E-state index in [4.69, 9.17) is 15.2 Å². The van der Waals surface area contributed by atoms with Crippen LogP contribution < -0.4 is 15.8 Å². The van der Waals surface area contributed by atoms with E-state index >= 15 is 0 Å². The van der Waals surface area contributed by atoms with E-state index in [0.717, 1.165) is 44.2 Å². The number of H-pyrrole nitrogens is 1. The largest absolute Gasteiger partial charge is 0.504 e. The van der Waals surface area contributed by atoms with Gasteiger partial charge in [0.15, 0.2) is 11.5 Å². The topological polar surface area (TPSA) is 127 Å². The van der Waals surface area contributed by atoms with Crippen LogP contribution in [0.15, 0.2) is 54.1 Å². The third kappa shape index (κ3) is 9.85. The molecule has 0 saturated carbocycles. The third-order valence-corrected chi connectivity index (χ3v) is 7.33. The average Bonchev–Trinajstić information content (AvgIpc) is 3.35. The summed E-state index contributed by atoms with van der Waals surface area (Å²) in [5.74, 6) is 1.29. The lowest BCUT2D eigenvalue weighted by atomic mass is 9.89. The first-order valence-electron chi connectivity index (χ1n) is 13.9. The number of ether oxygens (including phenoxy) is 2. The van der Waals surface area contributed by atoms with Crippen molar-refractivity contribution in [3.63, 3.8) is 0 Å². The quantitative estimate of drug-likeness (QED) is 0.225. The predicted molar refractivity (Wildman–Crippen MR) is 152 cm³/mol. The van der Waals surface area contributed by atoms with Crippen LogP contribution in [0.1, 0.15) is 69.1 Å². The minimum Gasteiger partial charge on any atom is -0.504 e. The second kappa shape index (κ2) is 15.0. The molecule has 2 unspecified atom stereocenters. The molecule has 0 radical (unpaired) electrons. The zero-order chi connectivity index (χ0) is 28.2. The molecule has 2 aromatic rings. The number of aromatic hydroxyl groups is 1. The zero-order valence-electron chi connectivity index (χ0n) is 23.4. The molecule has 2 heterocycles. The van der Waals surface area contributed by atoms with Gasteiger partial charge in [-0.15, -0.1) is 0 Å². The number of dihydropyridines is 1. The number of nitrogens with two attached hydrogens (primary N) is 1. The van der Waals surface area contributed by atoms with Gasteiger partial charge in [0, 0.05) is 38.7 Å². The molecule has 0 amide bonds. The summed E-state index contributed by atoms with van der Waals surface area (Å²) in [5, 5.41) is 12.9. The van der Waals surface area contributed by atoms with Crippen LogP contribution in [-0.2, 0) is 33.6 Å². The molecule has 39 heavy (non-hydrogen) atoms. The Balaban J connectivity index is 1.51. The number of aromatic amines is 1. The van der Waals surface area contributed by atoms with Crippen LogP contribution in [0.2, 0.25) is 0 Å². The lowest BCUT2D eigenvalue weighted by molar-refractivity contribution is -0.148. The molecule has 8 nitrogen and oxygen atoms in total. The smallest absolute Gasteiger partial charge is 0.302 e. The molecule has 1 aromatic heterocycles. The summed E-state index contributed by atoms with van der Waals surface area (Å²) in [4.78, 5) is 27.8. The first-order valence-corrected chi connectivity index (χ1v) is 13.9. The van der Waals surface area contributed by atoms with Crippen molar-refractivity contribution in [2.24, 2.45) is 11.7 Å². The summed E-state index contributed by atoms with van der Waals surface area (Å²) >= 11 is 0. The third-order valence-electron chi connectivity index (χ3n) is 7.33. The van der Waals surface area contributed by atoms with Crippen molar-refractivity contribution in [2.75, 3.05) is 13.7 Å². The fourth-order valence-corrected chi connectivity index (χ4v) is 5.05. The molecular weight excluding hydrogens is 494 g/mol. The second-order valence-corrected chi connectivity index (χ2v) is 10.3. The molecule has 212 valence electrons. The number of hydrogen-bond donors (Lipinski definition) is 4. The molecule has 8 heteroatoms. The Morgan fingerprint density at radius 3 is 2.64 bits per heavy atom. The number of ketones is 1. The number of phenolic OH excluding ortho intramolecular Hbond substituents is 1. The van der Waals surface area contributed by atoms with Gasteiger partial charge in [0.2, 0.25) is 0 Å². The molecule has 0 spiro atoms. The number of aromatic nitrogens is 1. The van der Waals surface area contributed by atoms with Crippen LogP contribution in [-0.4, -0.2) is 41.6 Å². The Bertz CT molecular complexity index is 1170. The van der Waals surface area contributed by atoms with Crippen molar-refractivity contribution in [2.45, 2.75) is 77.7 Å². The Labute approximate surface area is 231 Å². The predicted octanol–water partition coefficient (Wildman–Crippen LogP) is 4.86. The number of rotatable bonds is 16. The van der Waals surface area contributed by atoms with E-state index in [1.165, 1.54) is 30.7 Å². The van der Waals surface area contributed by atoms with Crippen molar-refractivity contribution in [1.29, 1.82) is 0 Å². The normalized spacial score (nSPS) is 14.5. The van der Waals surface area contributed by atoms with Crippen LogP contribution in [0, 0.1) is 5.92 Å². The van der Waals surface area contributed by atoms with Gasteiger partial charge in [-0.1, -0.05) is 25.5 Å². The molecule has 0 saturated heterocycles. The van der Waals surface area contributed by atoms with E-state index in [9.17, 15) is 14.7 Å². The number of aryl methyl sites for hydroxylation is 2. The summed E-state index contributed by atoms with van der Waals surface area (Å²) in [6.07, 6.45) is 14.4. The summed E-state index contributed by atoms with van der Waals surface area (Å²) in [6.45, 7) is 4.35. The van der Waals surface area contributed by atoms with Crippen LogP contribution >= 0.6 is 0 Å². The fourth-order valence-electron chi connectivity index (χ4n) is 5.05. The molecule has 5 N–H and O–H groups in total. The van der Waals surface area contributed by atoms with Crippen LogP contribution in [0.3, 0.4) is 0 Å². The maximum Gasteiger partial charge on any atom is 0.302 e. The summed E-state index contributed by atoms with van der Waals surface area (Å²) in [5.41, 5.74) is 10.7. The van der Waals surface area contributed by atoms with Crippen LogP contribution in [0.5, 0.6) is 11.5 Å². The van der Waals surface area contributed by atoms with E-state index < -0.39 is 6.10 Å². The lowest BCUT2D eigenvalue weighted by Gasteiger charge is -2.21. The fraction of sp³-hybridized carbons (Fsp3) is 0.484. The highest BCUT2D eigenvalue weighted by Crippen LogP contribution is 2.27. The molecule has 0 fully saturated rings. The van der Waals surface area contributed by atoms with Crippen LogP contribution in [0.25, 0.3) is 0 Å². The number of allylic oxidation sites excluding steroid dienone is 2. The number of nitrogens with one attached hydrogen (secondary N) is 2. The number of hydrogen-bond acceptors (Lipinski definition) is 7. The number of esters is 1. The Hall–Kier alpha value is -3.68. The maximum absolute atomic E-state index is 12.8. The minimum atomic E-state index is -0.423. The molecule has 2 atom stereocenters. The van der Waals surface area contributed by atoms with Crippen molar-refractivity contribution in [3.05, 3.63) is 70.8 Å². The number of carbonyl (C=O) groups excluding carboxylic acids is 2. The van der Waals surface area contributed by atoms with Gasteiger partial charge in [0.1, 0.15) is 11.9 Å². The Kier molecular flexibility index (Phi) is 11.5. The van der Waals surface area contributed by atoms with Crippen molar-refractivity contribution in [3.8, 4) is 11.5 Å². The SMILES string of the molecule is CCC(CCC(CC(=O)CCc1ccc(O)c(OC)c1)OC(C)=O)Cc1c[nH]cc1CCC1=CCNC(N)=C1. The van der Waals surface area contributed by atoms with E-state index in [-0.39, 0.29) is 23.9 Å². The maximum atomic E-state index is 12.8. The molecular formula is C31H43N3O5. The summed E-state index contributed by atoms with van der Waals surface area (Å²) < 4.78 is 10.7. The Morgan fingerprint density at radius 2 is 1.92 bits per heavy atom.